The zero-order valence-corrected chi connectivity index (χ0v) is 8.07. The second-order valence-corrected chi connectivity index (χ2v) is 2.91. The summed E-state index contributed by atoms with van der Waals surface area (Å²) in [5, 5.41) is 31.2. The molecule has 0 fully saturated rings. The van der Waals surface area contributed by atoms with E-state index in [0.717, 1.165) is 0 Å². The van der Waals surface area contributed by atoms with E-state index in [-0.39, 0.29) is 6.42 Å². The molecule has 0 amide bonds. The second kappa shape index (κ2) is 8.89. The van der Waals surface area contributed by atoms with Crippen LogP contribution in [0.15, 0.2) is 0 Å². The van der Waals surface area contributed by atoms with Crippen LogP contribution in [0.4, 0.5) is 0 Å². The van der Waals surface area contributed by atoms with Gasteiger partial charge in [0.05, 0.1) is 6.42 Å². The molecule has 0 unspecified atom stereocenters. The van der Waals surface area contributed by atoms with Gasteiger partial charge in [-0.2, -0.15) is 0 Å². The predicted octanol–water partition coefficient (Wildman–Crippen LogP) is -1.66. The molecule has 0 bridgehead atoms. The van der Waals surface area contributed by atoms with E-state index in [4.69, 9.17) is 15.3 Å². The average molecular weight is 206 g/mol. The molecule has 0 aromatic rings. The van der Waals surface area contributed by atoms with Crippen LogP contribution in [0.25, 0.3) is 0 Å². The van der Waals surface area contributed by atoms with Gasteiger partial charge in [-0.1, -0.05) is 0 Å². The second-order valence-electron chi connectivity index (χ2n) is 2.91. The van der Waals surface area contributed by atoms with E-state index in [0.29, 0.717) is 32.6 Å². The number of carboxylic acids is 1. The van der Waals surface area contributed by atoms with Crippen LogP contribution in [0.2, 0.25) is 0 Å². The smallest absolute Gasteiger partial charge is 0.304 e. The minimum atomic E-state index is -1.26. The number of aliphatic carboxylic acids is 1. The maximum absolute atomic E-state index is 10.1. The van der Waals surface area contributed by atoms with Gasteiger partial charge in [0.15, 0.2) is 6.29 Å². The Bertz CT molecular complexity index is 152. The molecular formula is C8H18N2O4. The Hall–Kier alpha value is -0.690. The maximum Gasteiger partial charge on any atom is 0.304 e. The van der Waals surface area contributed by atoms with Crippen molar-refractivity contribution in [1.82, 2.24) is 10.6 Å². The lowest BCUT2D eigenvalue weighted by Crippen LogP contribution is -2.30. The first kappa shape index (κ1) is 13.3. The van der Waals surface area contributed by atoms with E-state index < -0.39 is 12.3 Å². The van der Waals surface area contributed by atoms with Gasteiger partial charge >= 0.3 is 5.97 Å². The van der Waals surface area contributed by atoms with Gasteiger partial charge in [-0.05, 0) is 6.54 Å². The summed E-state index contributed by atoms with van der Waals surface area (Å²) in [4.78, 5) is 10.1. The molecule has 14 heavy (non-hydrogen) atoms. The summed E-state index contributed by atoms with van der Waals surface area (Å²) in [5.41, 5.74) is 0. The minimum Gasteiger partial charge on any atom is -0.481 e. The Morgan fingerprint density at radius 1 is 1.07 bits per heavy atom. The lowest BCUT2D eigenvalue weighted by atomic mass is 10.4. The van der Waals surface area contributed by atoms with Crippen molar-refractivity contribution in [2.24, 2.45) is 0 Å². The highest BCUT2D eigenvalue weighted by Gasteiger charge is 1.96. The molecule has 0 aromatic carbocycles. The van der Waals surface area contributed by atoms with Crippen LogP contribution in [0.5, 0.6) is 0 Å². The predicted molar refractivity (Wildman–Crippen MR) is 50.8 cm³/mol. The Labute approximate surface area is 82.9 Å². The van der Waals surface area contributed by atoms with Crippen molar-refractivity contribution >= 4 is 5.97 Å². The van der Waals surface area contributed by atoms with Gasteiger partial charge in [0, 0.05) is 26.1 Å². The Morgan fingerprint density at radius 2 is 1.64 bits per heavy atom. The SMILES string of the molecule is O=C(O)CCNCCNCCC(O)O. The van der Waals surface area contributed by atoms with Gasteiger partial charge in [0.2, 0.25) is 0 Å². The summed E-state index contributed by atoms with van der Waals surface area (Å²) in [5.74, 6) is -0.811. The average Bonchev–Trinajstić information content (AvgIpc) is 2.08. The van der Waals surface area contributed by atoms with E-state index in [1.165, 1.54) is 0 Å². The van der Waals surface area contributed by atoms with Crippen LogP contribution in [0.1, 0.15) is 12.8 Å². The molecule has 0 spiro atoms. The topological polar surface area (TPSA) is 102 Å². The summed E-state index contributed by atoms with van der Waals surface area (Å²) in [6, 6.07) is 0. The number of aliphatic hydroxyl groups excluding tert-OH is 1. The van der Waals surface area contributed by atoms with E-state index in [1.54, 1.807) is 0 Å². The number of aliphatic hydroxyl groups is 2. The number of carboxylic acid groups (broad SMARTS) is 1. The van der Waals surface area contributed by atoms with Crippen molar-refractivity contribution in [1.29, 1.82) is 0 Å². The standard InChI is InChI=1S/C8H18N2O4/c11-7(12)1-3-9-5-6-10-4-2-8(13)14/h7,9-12H,1-6H2,(H,13,14). The van der Waals surface area contributed by atoms with Gasteiger partial charge < -0.3 is 26.0 Å². The zero-order chi connectivity index (χ0) is 10.8. The molecule has 6 nitrogen and oxygen atoms in total. The molecule has 0 rings (SSSR count). The summed E-state index contributed by atoms with van der Waals surface area (Å²) in [7, 11) is 0. The molecule has 5 N–H and O–H groups in total. The highest BCUT2D eigenvalue weighted by atomic mass is 16.5. The lowest BCUT2D eigenvalue weighted by Gasteiger charge is -2.06. The van der Waals surface area contributed by atoms with Gasteiger partial charge in [0.25, 0.3) is 0 Å². The number of rotatable bonds is 9. The molecule has 0 aliphatic rings. The number of carbonyl (C=O) groups is 1. The summed E-state index contributed by atoms with van der Waals surface area (Å²) in [6.07, 6.45) is -0.840. The molecule has 0 aromatic heterocycles. The fourth-order valence-electron chi connectivity index (χ4n) is 0.853. The van der Waals surface area contributed by atoms with Crippen molar-refractivity contribution in [3.8, 4) is 0 Å². The molecule has 0 atom stereocenters. The fraction of sp³-hybridized carbons (Fsp3) is 0.875. The number of nitrogens with one attached hydrogen (secondary N) is 2. The number of hydrogen-bond donors (Lipinski definition) is 5. The van der Waals surface area contributed by atoms with Crippen LogP contribution < -0.4 is 10.6 Å². The van der Waals surface area contributed by atoms with Crippen LogP contribution >= 0.6 is 0 Å². The molecule has 0 aliphatic carbocycles. The molecule has 0 heterocycles. The van der Waals surface area contributed by atoms with E-state index in [2.05, 4.69) is 10.6 Å². The highest BCUT2D eigenvalue weighted by Crippen LogP contribution is 1.81. The third kappa shape index (κ3) is 11.3. The van der Waals surface area contributed by atoms with Crippen molar-refractivity contribution in [2.45, 2.75) is 19.1 Å². The first-order valence-corrected chi connectivity index (χ1v) is 4.62. The van der Waals surface area contributed by atoms with E-state index in [1.807, 2.05) is 0 Å². The monoisotopic (exact) mass is 206 g/mol. The van der Waals surface area contributed by atoms with Crippen molar-refractivity contribution in [3.63, 3.8) is 0 Å². The molecular weight excluding hydrogens is 188 g/mol. The molecule has 0 saturated carbocycles. The van der Waals surface area contributed by atoms with Gasteiger partial charge in [-0.15, -0.1) is 0 Å². The van der Waals surface area contributed by atoms with E-state index >= 15 is 0 Å². The zero-order valence-electron chi connectivity index (χ0n) is 8.07. The van der Waals surface area contributed by atoms with Gasteiger partial charge in [-0.25, -0.2) is 0 Å². The Kier molecular flexibility index (Phi) is 8.45. The Morgan fingerprint density at radius 3 is 2.14 bits per heavy atom. The van der Waals surface area contributed by atoms with Crippen molar-refractivity contribution in [3.05, 3.63) is 0 Å². The van der Waals surface area contributed by atoms with Crippen molar-refractivity contribution < 1.29 is 20.1 Å². The minimum absolute atomic E-state index is 0.120. The first-order valence-electron chi connectivity index (χ1n) is 4.62. The van der Waals surface area contributed by atoms with Gasteiger partial charge in [0.1, 0.15) is 0 Å². The quantitative estimate of drug-likeness (QED) is 0.229. The lowest BCUT2D eigenvalue weighted by molar-refractivity contribution is -0.136. The molecule has 6 heteroatoms. The summed E-state index contributed by atoms with van der Waals surface area (Å²) >= 11 is 0. The highest BCUT2D eigenvalue weighted by molar-refractivity contribution is 5.66. The largest absolute Gasteiger partial charge is 0.481 e. The van der Waals surface area contributed by atoms with E-state index in [9.17, 15) is 4.79 Å². The van der Waals surface area contributed by atoms with Crippen molar-refractivity contribution in [2.75, 3.05) is 26.2 Å². The summed E-state index contributed by atoms with van der Waals surface area (Å²) < 4.78 is 0. The van der Waals surface area contributed by atoms with Gasteiger partial charge in [-0.3, -0.25) is 4.79 Å². The molecule has 0 radical (unpaired) electrons. The maximum atomic E-state index is 10.1. The van der Waals surface area contributed by atoms with Crippen LogP contribution in [-0.4, -0.2) is 53.8 Å². The van der Waals surface area contributed by atoms with Crippen LogP contribution in [0, 0.1) is 0 Å². The summed E-state index contributed by atoms with van der Waals surface area (Å²) in [6.45, 7) is 2.36. The Balaban J connectivity index is 2.96. The van der Waals surface area contributed by atoms with Crippen LogP contribution in [-0.2, 0) is 4.79 Å². The molecule has 84 valence electrons. The molecule has 0 aliphatic heterocycles. The third-order valence-corrected chi connectivity index (χ3v) is 1.57. The fourth-order valence-corrected chi connectivity index (χ4v) is 0.853. The number of hydrogen-bond acceptors (Lipinski definition) is 5. The third-order valence-electron chi connectivity index (χ3n) is 1.57. The van der Waals surface area contributed by atoms with Crippen LogP contribution in [0.3, 0.4) is 0 Å². The first-order chi connectivity index (χ1) is 6.63. The normalized spacial score (nSPS) is 10.8. The molecule has 0 saturated heterocycles.